The van der Waals surface area contributed by atoms with E-state index < -0.39 is 18.0 Å². The number of H-pyrrole nitrogens is 1. The number of nitrogens with zero attached hydrogens (tertiary/aromatic N) is 2. The van der Waals surface area contributed by atoms with Crippen LogP contribution in [-0.4, -0.2) is 40.0 Å². The number of piperidine rings is 1. The molecule has 7 heteroatoms. The quantitative estimate of drug-likeness (QED) is 0.827. The number of hydrogen-bond acceptors (Lipinski definition) is 2. The molecule has 146 valence electrons. The van der Waals surface area contributed by atoms with Crippen molar-refractivity contribution in [3.8, 4) is 0 Å². The van der Waals surface area contributed by atoms with Crippen molar-refractivity contribution in [2.45, 2.75) is 50.6 Å². The average Bonchev–Trinajstić information content (AvgIpc) is 3.11. The molecule has 2 aliphatic rings. The molecule has 2 fully saturated rings. The summed E-state index contributed by atoms with van der Waals surface area (Å²) in [7, 11) is 0. The molecule has 3 heterocycles. The van der Waals surface area contributed by atoms with Gasteiger partial charge in [0.15, 0.2) is 0 Å². The Kier molecular flexibility index (Phi) is 4.86. The number of amides is 1. The highest BCUT2D eigenvalue weighted by Crippen LogP contribution is 2.43. The van der Waals surface area contributed by atoms with E-state index in [1.807, 2.05) is 18.3 Å². The highest BCUT2D eigenvalue weighted by Gasteiger charge is 2.49. The zero-order valence-corrected chi connectivity index (χ0v) is 15.1. The number of halogens is 3. The second kappa shape index (κ2) is 7.17. The molecule has 27 heavy (non-hydrogen) atoms. The van der Waals surface area contributed by atoms with Gasteiger partial charge < -0.3 is 9.88 Å². The van der Waals surface area contributed by atoms with Gasteiger partial charge in [0, 0.05) is 36.8 Å². The van der Waals surface area contributed by atoms with Crippen molar-refractivity contribution >= 4 is 16.9 Å². The highest BCUT2D eigenvalue weighted by atomic mass is 19.4. The fourth-order valence-electron chi connectivity index (χ4n) is 4.78. The Bertz CT molecular complexity index is 808. The van der Waals surface area contributed by atoms with Crippen LogP contribution in [0.1, 0.15) is 50.0 Å². The number of fused-ring (bicyclic) bond motifs is 1. The Morgan fingerprint density at radius 2 is 1.89 bits per heavy atom. The molecule has 0 unspecified atom stereocenters. The van der Waals surface area contributed by atoms with Crippen LogP contribution in [0.2, 0.25) is 0 Å². The first kappa shape index (κ1) is 18.3. The number of carbonyl (C=O) groups excluding carboxylic acids is 1. The SMILES string of the molecule is O=C([C@@H]1CCCC[C@H]1C(F)(F)F)N1CCC(c2c[nH]c3ncccc23)CC1. The highest BCUT2D eigenvalue weighted by molar-refractivity contribution is 5.81. The molecule has 2 aromatic heterocycles. The number of aromatic amines is 1. The summed E-state index contributed by atoms with van der Waals surface area (Å²) in [5.74, 6) is -2.36. The molecule has 0 spiro atoms. The largest absolute Gasteiger partial charge is 0.392 e. The lowest BCUT2D eigenvalue weighted by Gasteiger charge is -2.38. The van der Waals surface area contributed by atoms with Crippen LogP contribution >= 0.6 is 0 Å². The molecular formula is C20H24F3N3O. The van der Waals surface area contributed by atoms with E-state index in [4.69, 9.17) is 0 Å². The maximum atomic E-state index is 13.3. The van der Waals surface area contributed by atoms with Gasteiger partial charge in [-0.3, -0.25) is 4.79 Å². The van der Waals surface area contributed by atoms with Crippen LogP contribution in [0.25, 0.3) is 11.0 Å². The summed E-state index contributed by atoms with van der Waals surface area (Å²) in [5.41, 5.74) is 2.04. The summed E-state index contributed by atoms with van der Waals surface area (Å²) in [5, 5.41) is 1.09. The Morgan fingerprint density at radius 1 is 1.15 bits per heavy atom. The van der Waals surface area contributed by atoms with Crippen molar-refractivity contribution in [3.63, 3.8) is 0 Å². The van der Waals surface area contributed by atoms with Gasteiger partial charge in [0.25, 0.3) is 0 Å². The first-order valence-corrected chi connectivity index (χ1v) is 9.72. The summed E-state index contributed by atoms with van der Waals surface area (Å²) in [6, 6.07) is 3.93. The van der Waals surface area contributed by atoms with E-state index in [0.29, 0.717) is 38.3 Å². The van der Waals surface area contributed by atoms with Crippen LogP contribution < -0.4 is 0 Å². The number of carbonyl (C=O) groups is 1. The minimum absolute atomic E-state index is 0.0821. The van der Waals surface area contributed by atoms with E-state index in [0.717, 1.165) is 23.9 Å². The second-order valence-corrected chi connectivity index (χ2v) is 7.78. The lowest BCUT2D eigenvalue weighted by Crippen LogP contribution is -2.47. The molecular weight excluding hydrogens is 355 g/mol. The van der Waals surface area contributed by atoms with Crippen LogP contribution in [0.3, 0.4) is 0 Å². The monoisotopic (exact) mass is 379 g/mol. The van der Waals surface area contributed by atoms with Gasteiger partial charge >= 0.3 is 6.18 Å². The summed E-state index contributed by atoms with van der Waals surface area (Å²) in [6.07, 6.45) is 2.69. The molecule has 0 radical (unpaired) electrons. The third-order valence-electron chi connectivity index (χ3n) is 6.23. The van der Waals surface area contributed by atoms with Crippen molar-refractivity contribution in [2.75, 3.05) is 13.1 Å². The van der Waals surface area contributed by atoms with Gasteiger partial charge in [-0.05, 0) is 49.3 Å². The molecule has 4 nitrogen and oxygen atoms in total. The smallest absolute Gasteiger partial charge is 0.346 e. The predicted octanol–water partition coefficient (Wildman–Crippen LogP) is 4.64. The normalized spacial score (nSPS) is 25.1. The third-order valence-corrected chi connectivity index (χ3v) is 6.23. The van der Waals surface area contributed by atoms with Crippen LogP contribution in [0, 0.1) is 11.8 Å². The summed E-state index contributed by atoms with van der Waals surface area (Å²) < 4.78 is 40.0. The van der Waals surface area contributed by atoms with Crippen LogP contribution in [-0.2, 0) is 4.79 Å². The predicted molar refractivity (Wildman–Crippen MR) is 96.2 cm³/mol. The molecule has 0 bridgehead atoms. The first-order valence-electron chi connectivity index (χ1n) is 9.72. The van der Waals surface area contributed by atoms with Crippen molar-refractivity contribution in [1.29, 1.82) is 0 Å². The van der Waals surface area contributed by atoms with Gasteiger partial charge in [-0.1, -0.05) is 12.8 Å². The molecule has 2 aromatic rings. The summed E-state index contributed by atoms with van der Waals surface area (Å²) in [4.78, 5) is 22.0. The average molecular weight is 379 g/mol. The van der Waals surface area contributed by atoms with E-state index in [9.17, 15) is 18.0 Å². The number of pyridine rings is 1. The number of hydrogen-bond donors (Lipinski definition) is 1. The van der Waals surface area contributed by atoms with Crippen molar-refractivity contribution in [2.24, 2.45) is 11.8 Å². The molecule has 4 rings (SSSR count). The maximum absolute atomic E-state index is 13.3. The van der Waals surface area contributed by atoms with E-state index in [-0.39, 0.29) is 12.3 Å². The van der Waals surface area contributed by atoms with Crippen molar-refractivity contribution in [3.05, 3.63) is 30.1 Å². The number of nitrogens with one attached hydrogen (secondary N) is 1. The molecule has 1 aliphatic carbocycles. The Hall–Kier alpha value is -2.05. The lowest BCUT2D eigenvalue weighted by molar-refractivity contribution is -0.201. The van der Waals surface area contributed by atoms with Crippen LogP contribution in [0.4, 0.5) is 13.2 Å². The molecule has 1 N–H and O–H groups in total. The number of rotatable bonds is 2. The first-order chi connectivity index (χ1) is 12.9. The summed E-state index contributed by atoms with van der Waals surface area (Å²) >= 11 is 0. The van der Waals surface area contributed by atoms with Crippen LogP contribution in [0.5, 0.6) is 0 Å². The summed E-state index contributed by atoms with van der Waals surface area (Å²) in [6.45, 7) is 1.05. The van der Waals surface area contributed by atoms with Gasteiger partial charge in [-0.15, -0.1) is 0 Å². The molecule has 1 aliphatic heterocycles. The zero-order chi connectivity index (χ0) is 19.0. The number of likely N-dealkylation sites (tertiary alicyclic amines) is 1. The Balaban J connectivity index is 1.43. The van der Waals surface area contributed by atoms with Gasteiger partial charge in [0.1, 0.15) is 5.65 Å². The zero-order valence-electron chi connectivity index (χ0n) is 15.1. The second-order valence-electron chi connectivity index (χ2n) is 7.78. The lowest BCUT2D eigenvalue weighted by atomic mass is 9.77. The molecule has 1 amide bonds. The molecule has 0 aromatic carbocycles. The molecule has 1 saturated carbocycles. The maximum Gasteiger partial charge on any atom is 0.392 e. The fourth-order valence-corrected chi connectivity index (χ4v) is 4.78. The van der Waals surface area contributed by atoms with Gasteiger partial charge in [-0.2, -0.15) is 13.2 Å². The standard InChI is InChI=1S/C20H24F3N3O/c21-20(22,23)17-6-2-1-4-15(17)19(27)26-10-7-13(8-11-26)16-12-25-18-14(16)5-3-9-24-18/h3,5,9,12-13,15,17H,1-2,4,6-8,10-11H2,(H,24,25)/t15-,17-/m1/s1. The number of aromatic nitrogens is 2. The van der Waals surface area contributed by atoms with E-state index in [1.165, 1.54) is 5.56 Å². The van der Waals surface area contributed by atoms with Gasteiger partial charge in [0.05, 0.1) is 5.92 Å². The van der Waals surface area contributed by atoms with E-state index in [2.05, 4.69) is 9.97 Å². The molecule has 1 saturated heterocycles. The number of alkyl halides is 3. The van der Waals surface area contributed by atoms with E-state index >= 15 is 0 Å². The topological polar surface area (TPSA) is 49.0 Å². The third kappa shape index (κ3) is 3.56. The Labute approximate surface area is 156 Å². The molecule has 2 atom stereocenters. The van der Waals surface area contributed by atoms with Crippen LogP contribution in [0.15, 0.2) is 24.5 Å². The minimum Gasteiger partial charge on any atom is -0.346 e. The van der Waals surface area contributed by atoms with Crippen molar-refractivity contribution < 1.29 is 18.0 Å². The van der Waals surface area contributed by atoms with Gasteiger partial charge in [-0.25, -0.2) is 4.98 Å². The van der Waals surface area contributed by atoms with Crippen molar-refractivity contribution in [1.82, 2.24) is 14.9 Å². The minimum atomic E-state index is -4.28. The van der Waals surface area contributed by atoms with E-state index in [1.54, 1.807) is 11.1 Å². The fraction of sp³-hybridized carbons (Fsp3) is 0.600. The van der Waals surface area contributed by atoms with Gasteiger partial charge in [0.2, 0.25) is 5.91 Å². The Morgan fingerprint density at radius 3 is 2.63 bits per heavy atom.